The minimum Gasteiger partial charge on any atom is -0.508 e. The predicted molar refractivity (Wildman–Crippen MR) is 103 cm³/mol. The predicted octanol–water partition coefficient (Wildman–Crippen LogP) is 2.36. The number of phenolic OH excluding ortho intramolecular Hbond substituents is 1. The maximum absolute atomic E-state index is 12.6. The smallest absolute Gasteiger partial charge is 0.258 e. The van der Waals surface area contributed by atoms with Crippen LogP contribution in [0.5, 0.6) is 5.75 Å². The van der Waals surface area contributed by atoms with Gasteiger partial charge < -0.3 is 9.67 Å². The van der Waals surface area contributed by atoms with Crippen molar-refractivity contribution in [2.24, 2.45) is 0 Å². The lowest BCUT2D eigenvalue weighted by Gasteiger charge is -2.25. The SMILES string of the molecule is Cc1nc2ccccc2n1CC(=O)NN1C(=O)CSC1c1ccccc1O. The molecular weight excluding hydrogens is 364 g/mol. The average Bonchev–Trinajstić information content (AvgIpc) is 3.16. The summed E-state index contributed by atoms with van der Waals surface area (Å²) in [7, 11) is 0. The van der Waals surface area contributed by atoms with Gasteiger partial charge in [-0.25, -0.2) is 9.99 Å². The molecule has 0 saturated carbocycles. The fourth-order valence-corrected chi connectivity index (χ4v) is 4.32. The summed E-state index contributed by atoms with van der Waals surface area (Å²) in [5.74, 6) is 0.546. The van der Waals surface area contributed by atoms with Gasteiger partial charge in [0.2, 0.25) is 0 Å². The fraction of sp³-hybridized carbons (Fsp3) is 0.211. The van der Waals surface area contributed by atoms with Crippen LogP contribution in [0.4, 0.5) is 0 Å². The summed E-state index contributed by atoms with van der Waals surface area (Å²) in [6.45, 7) is 1.89. The molecule has 2 N–H and O–H groups in total. The first kappa shape index (κ1) is 17.4. The van der Waals surface area contributed by atoms with E-state index in [1.54, 1.807) is 24.3 Å². The molecule has 0 aliphatic carbocycles. The van der Waals surface area contributed by atoms with Crippen molar-refractivity contribution in [3.8, 4) is 5.75 Å². The number of carbonyl (C=O) groups excluding carboxylic acids is 2. The first-order valence-electron chi connectivity index (χ1n) is 8.47. The molecule has 8 heteroatoms. The van der Waals surface area contributed by atoms with E-state index in [4.69, 9.17) is 0 Å². The van der Waals surface area contributed by atoms with Crippen LogP contribution in [-0.4, -0.2) is 37.2 Å². The van der Waals surface area contributed by atoms with Crippen molar-refractivity contribution in [3.05, 3.63) is 59.9 Å². The Kier molecular flexibility index (Phi) is 4.49. The third-order valence-electron chi connectivity index (χ3n) is 4.46. The fourth-order valence-electron chi connectivity index (χ4n) is 3.18. The number of aromatic nitrogens is 2. The molecule has 2 aromatic carbocycles. The normalized spacial score (nSPS) is 16.9. The molecule has 0 bridgehead atoms. The van der Waals surface area contributed by atoms with E-state index in [1.807, 2.05) is 35.8 Å². The third kappa shape index (κ3) is 3.23. The Bertz CT molecular complexity index is 1030. The highest BCUT2D eigenvalue weighted by Gasteiger charge is 2.35. The van der Waals surface area contributed by atoms with Crippen molar-refractivity contribution in [1.82, 2.24) is 20.0 Å². The number of nitrogens with zero attached hydrogens (tertiary/aromatic N) is 3. The van der Waals surface area contributed by atoms with Gasteiger partial charge in [-0.2, -0.15) is 0 Å². The number of aryl methyl sites for hydroxylation is 1. The van der Waals surface area contributed by atoms with Gasteiger partial charge >= 0.3 is 0 Å². The zero-order chi connectivity index (χ0) is 19.0. The standard InChI is InChI=1S/C19H18N4O3S/c1-12-20-14-7-3-4-8-15(14)22(12)10-17(25)21-23-18(26)11-27-19(23)13-6-2-5-9-16(13)24/h2-9,19,24H,10-11H2,1H3,(H,21,25). The molecule has 2 amide bonds. The molecule has 1 fully saturated rings. The van der Waals surface area contributed by atoms with Crippen molar-refractivity contribution in [2.45, 2.75) is 18.8 Å². The molecular formula is C19H18N4O3S. The van der Waals surface area contributed by atoms with E-state index in [0.29, 0.717) is 5.56 Å². The van der Waals surface area contributed by atoms with Crippen LogP contribution in [0.15, 0.2) is 48.5 Å². The van der Waals surface area contributed by atoms with Gasteiger partial charge in [-0.3, -0.25) is 15.0 Å². The second kappa shape index (κ2) is 6.96. The Hall–Kier alpha value is -3.00. The second-order valence-electron chi connectivity index (χ2n) is 6.25. The van der Waals surface area contributed by atoms with Crippen molar-refractivity contribution < 1.29 is 14.7 Å². The molecule has 7 nitrogen and oxygen atoms in total. The minimum absolute atomic E-state index is 0.0499. The number of fused-ring (bicyclic) bond motifs is 1. The average molecular weight is 382 g/mol. The summed E-state index contributed by atoms with van der Waals surface area (Å²) in [4.78, 5) is 29.4. The number of hydrogen-bond donors (Lipinski definition) is 2. The number of rotatable bonds is 4. The van der Waals surface area contributed by atoms with E-state index in [-0.39, 0.29) is 29.9 Å². The van der Waals surface area contributed by atoms with Gasteiger partial charge in [-0.05, 0) is 25.1 Å². The van der Waals surface area contributed by atoms with Crippen LogP contribution in [0.3, 0.4) is 0 Å². The summed E-state index contributed by atoms with van der Waals surface area (Å²) in [5, 5.41) is 10.9. The van der Waals surface area contributed by atoms with Crippen LogP contribution in [0.25, 0.3) is 11.0 Å². The summed E-state index contributed by atoms with van der Waals surface area (Å²) >= 11 is 1.36. The van der Waals surface area contributed by atoms with Gasteiger partial charge in [-0.15, -0.1) is 11.8 Å². The minimum atomic E-state index is -0.455. The van der Waals surface area contributed by atoms with Gasteiger partial charge in [0, 0.05) is 5.56 Å². The molecule has 1 unspecified atom stereocenters. The topological polar surface area (TPSA) is 87.5 Å². The molecule has 4 rings (SSSR count). The summed E-state index contributed by atoms with van der Waals surface area (Å²) in [6, 6.07) is 14.4. The zero-order valence-electron chi connectivity index (χ0n) is 14.6. The molecule has 3 aromatic rings. The van der Waals surface area contributed by atoms with Crippen LogP contribution >= 0.6 is 11.8 Å². The number of imidazole rings is 1. The third-order valence-corrected chi connectivity index (χ3v) is 5.66. The van der Waals surface area contributed by atoms with Crippen molar-refractivity contribution in [2.75, 3.05) is 5.75 Å². The summed E-state index contributed by atoms with van der Waals surface area (Å²) in [5.41, 5.74) is 4.98. The molecule has 138 valence electrons. The number of benzene rings is 2. The highest BCUT2D eigenvalue weighted by molar-refractivity contribution is 8.00. The number of aromatic hydroxyl groups is 1. The Morgan fingerprint density at radius 1 is 1.26 bits per heavy atom. The number of hydrogen-bond acceptors (Lipinski definition) is 5. The number of thioether (sulfide) groups is 1. The highest BCUT2D eigenvalue weighted by atomic mass is 32.2. The Balaban J connectivity index is 1.55. The molecule has 0 radical (unpaired) electrons. The van der Waals surface area contributed by atoms with Gasteiger partial charge in [0.15, 0.2) is 0 Å². The van der Waals surface area contributed by atoms with Gasteiger partial charge in [0.25, 0.3) is 11.8 Å². The van der Waals surface area contributed by atoms with Crippen LogP contribution in [0.1, 0.15) is 16.8 Å². The van der Waals surface area contributed by atoms with E-state index in [2.05, 4.69) is 10.4 Å². The number of hydrazine groups is 1. The molecule has 1 saturated heterocycles. The van der Waals surface area contributed by atoms with Crippen molar-refractivity contribution in [1.29, 1.82) is 0 Å². The summed E-state index contributed by atoms with van der Waals surface area (Å²) < 4.78 is 1.81. The van der Waals surface area contributed by atoms with Gasteiger partial charge in [0.05, 0.1) is 16.8 Å². The zero-order valence-corrected chi connectivity index (χ0v) is 15.4. The molecule has 0 spiro atoms. The lowest BCUT2D eigenvalue weighted by atomic mass is 10.2. The maximum Gasteiger partial charge on any atom is 0.258 e. The van der Waals surface area contributed by atoms with E-state index in [1.165, 1.54) is 16.8 Å². The van der Waals surface area contributed by atoms with E-state index < -0.39 is 5.37 Å². The first-order chi connectivity index (χ1) is 13.0. The molecule has 1 atom stereocenters. The lowest BCUT2D eigenvalue weighted by Crippen LogP contribution is -2.45. The number of phenols is 1. The van der Waals surface area contributed by atoms with E-state index in [0.717, 1.165) is 16.9 Å². The van der Waals surface area contributed by atoms with Crippen LogP contribution in [0.2, 0.25) is 0 Å². The number of carbonyl (C=O) groups is 2. The van der Waals surface area contributed by atoms with E-state index >= 15 is 0 Å². The molecule has 1 aromatic heterocycles. The largest absolute Gasteiger partial charge is 0.508 e. The highest BCUT2D eigenvalue weighted by Crippen LogP contribution is 2.40. The molecule has 2 heterocycles. The van der Waals surface area contributed by atoms with Crippen LogP contribution in [-0.2, 0) is 16.1 Å². The second-order valence-corrected chi connectivity index (χ2v) is 7.32. The monoisotopic (exact) mass is 382 g/mol. The number of nitrogens with one attached hydrogen (secondary N) is 1. The van der Waals surface area contributed by atoms with Crippen LogP contribution < -0.4 is 5.43 Å². The Morgan fingerprint density at radius 2 is 2.00 bits per heavy atom. The molecule has 27 heavy (non-hydrogen) atoms. The van der Waals surface area contributed by atoms with E-state index in [9.17, 15) is 14.7 Å². The van der Waals surface area contributed by atoms with Crippen molar-refractivity contribution >= 4 is 34.6 Å². The van der Waals surface area contributed by atoms with Gasteiger partial charge in [-0.1, -0.05) is 30.3 Å². The first-order valence-corrected chi connectivity index (χ1v) is 9.52. The quantitative estimate of drug-likeness (QED) is 0.723. The maximum atomic E-state index is 12.6. The molecule has 1 aliphatic rings. The number of para-hydroxylation sites is 3. The van der Waals surface area contributed by atoms with Gasteiger partial charge in [0.1, 0.15) is 23.5 Å². The molecule has 1 aliphatic heterocycles. The number of amides is 2. The Labute approximate surface area is 160 Å². The van der Waals surface area contributed by atoms with Crippen LogP contribution in [0, 0.1) is 6.92 Å². The van der Waals surface area contributed by atoms with Crippen molar-refractivity contribution in [3.63, 3.8) is 0 Å². The Morgan fingerprint density at radius 3 is 2.81 bits per heavy atom. The lowest BCUT2D eigenvalue weighted by molar-refractivity contribution is -0.139. The summed E-state index contributed by atoms with van der Waals surface area (Å²) in [6.07, 6.45) is 0.